The first kappa shape index (κ1) is 35.4. The predicted molar refractivity (Wildman–Crippen MR) is 177 cm³/mol. The number of likely N-dealkylation sites (tertiary alicyclic amines) is 1. The highest BCUT2D eigenvalue weighted by molar-refractivity contribution is 8.00. The molecule has 0 bridgehead atoms. The number of nitrogen functional groups attached to an aromatic ring is 1. The van der Waals surface area contributed by atoms with Gasteiger partial charge in [0, 0.05) is 29.5 Å². The summed E-state index contributed by atoms with van der Waals surface area (Å²) >= 11 is 2.41. The van der Waals surface area contributed by atoms with Crippen molar-refractivity contribution in [1.29, 1.82) is 0 Å². The minimum absolute atomic E-state index is 0.0331. The third-order valence-corrected chi connectivity index (χ3v) is 10.7. The van der Waals surface area contributed by atoms with E-state index in [4.69, 9.17) is 10.6 Å². The Balaban J connectivity index is 1.27. The smallest absolute Gasteiger partial charge is 0.350 e. The molecule has 0 unspecified atom stereocenters. The van der Waals surface area contributed by atoms with Gasteiger partial charge in [-0.05, 0) is 26.0 Å². The molecule has 4 heterocycles. The van der Waals surface area contributed by atoms with Gasteiger partial charge in [-0.25, -0.2) is 9.78 Å². The number of oxime groups is 1. The molecule has 3 aliphatic heterocycles. The van der Waals surface area contributed by atoms with Crippen molar-refractivity contribution in [2.24, 2.45) is 5.16 Å². The summed E-state index contributed by atoms with van der Waals surface area (Å²) in [5.41, 5.74) is 4.42. The number of carbonyl (C=O) groups excluding carboxylic acids is 4. The molecule has 2 atom stereocenters. The number of benzene rings is 1. The number of hydrogen-bond donors (Lipinski definition) is 7. The van der Waals surface area contributed by atoms with Crippen LogP contribution >= 0.6 is 23.1 Å². The molecule has 3 aliphatic rings. The minimum atomic E-state index is -1.77. The van der Waals surface area contributed by atoms with Gasteiger partial charge in [0.25, 0.3) is 17.7 Å². The SMILES string of the molecule is CC(C)(O/N=C(\C(=O)N[C@@H]1C(=O)N2C(C=O)=C(C[N+]3(CCNC(=O)c4ccc(O)c(O)c4O)CCCC3)CS[C@H]12)c1csc(N)n1)C(=O)O. The first-order chi connectivity index (χ1) is 23.2. The van der Waals surface area contributed by atoms with Crippen LogP contribution in [-0.4, -0.2) is 126 Å². The van der Waals surface area contributed by atoms with Crippen molar-refractivity contribution in [3.05, 3.63) is 40.0 Å². The molecule has 5 rings (SSSR count). The Morgan fingerprint density at radius 1 is 1.20 bits per heavy atom. The quantitative estimate of drug-likeness (QED) is 0.0368. The van der Waals surface area contributed by atoms with Gasteiger partial charge in [-0.15, -0.1) is 23.1 Å². The lowest BCUT2D eigenvalue weighted by molar-refractivity contribution is -0.911. The molecule has 2 aromatic rings. The van der Waals surface area contributed by atoms with Crippen LogP contribution in [0.3, 0.4) is 0 Å². The number of nitrogens with zero attached hydrogens (tertiary/aromatic N) is 4. The average Bonchev–Trinajstić information content (AvgIpc) is 3.71. The molecule has 49 heavy (non-hydrogen) atoms. The van der Waals surface area contributed by atoms with Gasteiger partial charge in [-0.3, -0.25) is 24.1 Å². The number of β-lactam (4-membered cyclic amide) rings is 1. The van der Waals surface area contributed by atoms with E-state index in [2.05, 4.69) is 20.8 Å². The molecule has 0 spiro atoms. The van der Waals surface area contributed by atoms with Gasteiger partial charge < -0.3 is 46.1 Å². The molecule has 0 radical (unpaired) electrons. The number of allylic oxidation sites excluding steroid dienone is 1. The Morgan fingerprint density at radius 2 is 1.92 bits per heavy atom. The predicted octanol–water partition coefficient (Wildman–Crippen LogP) is 0.320. The Bertz CT molecular complexity index is 1750. The largest absolute Gasteiger partial charge is 0.504 e. The van der Waals surface area contributed by atoms with E-state index in [-0.39, 0.29) is 34.3 Å². The summed E-state index contributed by atoms with van der Waals surface area (Å²) in [5, 5.41) is 48.9. The molecule has 1 aromatic carbocycles. The zero-order chi connectivity index (χ0) is 35.7. The number of amides is 3. The monoisotopic (exact) mass is 718 g/mol. The maximum absolute atomic E-state index is 13.4. The van der Waals surface area contributed by atoms with Crippen LogP contribution in [0.4, 0.5) is 5.13 Å². The normalized spacial score (nSPS) is 20.3. The highest BCUT2D eigenvalue weighted by Crippen LogP contribution is 2.41. The number of aromatic nitrogens is 1. The highest BCUT2D eigenvalue weighted by Gasteiger charge is 2.53. The maximum atomic E-state index is 13.4. The summed E-state index contributed by atoms with van der Waals surface area (Å²) < 4.78 is 0.552. The van der Waals surface area contributed by atoms with Crippen molar-refractivity contribution >= 4 is 63.9 Å². The number of carboxylic acid groups (broad SMARTS) is 1. The number of aldehydes is 1. The van der Waals surface area contributed by atoms with Gasteiger partial charge in [-0.1, -0.05) is 5.16 Å². The Kier molecular flexibility index (Phi) is 10.1. The lowest BCUT2D eigenvalue weighted by Crippen LogP contribution is -2.71. The topological polar surface area (TPSA) is 254 Å². The number of nitrogens with two attached hydrogens (primary N) is 1. The van der Waals surface area contributed by atoms with Gasteiger partial charge in [0.2, 0.25) is 11.4 Å². The summed E-state index contributed by atoms with van der Waals surface area (Å²) in [5.74, 6) is -4.95. The van der Waals surface area contributed by atoms with E-state index in [0.29, 0.717) is 29.6 Å². The van der Waals surface area contributed by atoms with Crippen molar-refractivity contribution in [3.63, 3.8) is 0 Å². The molecular formula is C30H36N7O10S2+. The second-order valence-corrected chi connectivity index (χ2v) is 14.3. The lowest BCUT2D eigenvalue weighted by atomic mass is 10.0. The number of hydrogen-bond acceptors (Lipinski definition) is 14. The Hall–Kier alpha value is -4.88. The molecule has 8 N–H and O–H groups in total. The van der Waals surface area contributed by atoms with Crippen LogP contribution in [0.1, 0.15) is 42.7 Å². The molecule has 2 saturated heterocycles. The van der Waals surface area contributed by atoms with E-state index in [1.165, 1.54) is 42.0 Å². The highest BCUT2D eigenvalue weighted by atomic mass is 32.2. The van der Waals surface area contributed by atoms with Crippen LogP contribution in [0.5, 0.6) is 17.2 Å². The van der Waals surface area contributed by atoms with Gasteiger partial charge in [0.1, 0.15) is 23.7 Å². The van der Waals surface area contributed by atoms with Gasteiger partial charge in [0.15, 0.2) is 28.6 Å². The summed E-state index contributed by atoms with van der Waals surface area (Å²) in [6.07, 6.45) is 2.50. The van der Waals surface area contributed by atoms with E-state index in [0.717, 1.165) is 48.9 Å². The number of rotatable bonds is 13. The van der Waals surface area contributed by atoms with Gasteiger partial charge in [-0.2, -0.15) is 0 Å². The number of phenols is 3. The summed E-state index contributed by atoms with van der Waals surface area (Å²) in [6.45, 7) is 5.23. The molecule has 1 aromatic heterocycles. The molecule has 0 aliphatic carbocycles. The third-order valence-electron chi connectivity index (χ3n) is 8.64. The van der Waals surface area contributed by atoms with E-state index in [1.807, 2.05) is 0 Å². The average molecular weight is 719 g/mol. The minimum Gasteiger partial charge on any atom is -0.504 e. The van der Waals surface area contributed by atoms with E-state index < -0.39 is 58.0 Å². The van der Waals surface area contributed by atoms with E-state index >= 15 is 0 Å². The standard InChI is InChI=1S/C30H35N7O10S2/c1-30(2,28(45)46)47-35-20(17-14-49-29(31)33-17)25(43)34-21-26(44)36-18(12-38)15(13-48-27(21)36)11-37(8-3-4-9-37)10-7-32-24(42)16-5-6-19(39)23(41)22(16)40/h5-6,12,14,21,27H,3-4,7-11,13H2,1-2H3,(H7-,31,32,33,34,35,39,40,41,42,43,45,46)/p+1/t21-,27-/m1/s1. The second kappa shape index (κ2) is 13.9. The zero-order valence-electron chi connectivity index (χ0n) is 26.5. The van der Waals surface area contributed by atoms with Crippen LogP contribution in [0.2, 0.25) is 0 Å². The molecule has 262 valence electrons. The number of carbonyl (C=O) groups is 5. The van der Waals surface area contributed by atoms with Crippen LogP contribution in [0.15, 0.2) is 33.9 Å². The molecule has 3 amide bonds. The van der Waals surface area contributed by atoms with Crippen LogP contribution in [0, 0.1) is 0 Å². The number of nitrogens with one attached hydrogen (secondary N) is 2. The van der Waals surface area contributed by atoms with E-state index in [1.54, 1.807) is 0 Å². The molecule has 17 nitrogen and oxygen atoms in total. The zero-order valence-corrected chi connectivity index (χ0v) is 28.2. The number of aliphatic carboxylic acids is 1. The van der Waals surface area contributed by atoms with Gasteiger partial charge >= 0.3 is 5.97 Å². The first-order valence-electron chi connectivity index (χ1n) is 15.2. The van der Waals surface area contributed by atoms with Crippen molar-refractivity contribution in [1.82, 2.24) is 20.5 Å². The molecule has 19 heteroatoms. The number of quaternary nitrogens is 1. The third kappa shape index (κ3) is 7.13. The number of thiazole rings is 1. The molecule has 0 saturated carbocycles. The van der Waals surface area contributed by atoms with Crippen molar-refractivity contribution in [3.8, 4) is 17.2 Å². The van der Waals surface area contributed by atoms with E-state index in [9.17, 15) is 44.4 Å². The van der Waals surface area contributed by atoms with Gasteiger partial charge in [0.05, 0.1) is 37.4 Å². The first-order valence-corrected chi connectivity index (χ1v) is 17.1. The fourth-order valence-electron chi connectivity index (χ4n) is 5.86. The Morgan fingerprint density at radius 3 is 2.55 bits per heavy atom. The second-order valence-electron chi connectivity index (χ2n) is 12.3. The molecular weight excluding hydrogens is 683 g/mol. The van der Waals surface area contributed by atoms with Crippen molar-refractivity contribution < 1.29 is 53.7 Å². The van der Waals surface area contributed by atoms with Crippen molar-refractivity contribution in [2.75, 3.05) is 44.2 Å². The fraction of sp³-hybridized carbons (Fsp3) is 0.433. The molecule has 2 fully saturated rings. The number of fused-ring (bicyclic) bond motifs is 1. The lowest BCUT2D eigenvalue weighted by Gasteiger charge is -2.50. The fourth-order valence-corrected chi connectivity index (χ4v) is 7.76. The number of carboxylic acids is 1. The summed E-state index contributed by atoms with van der Waals surface area (Å²) in [4.78, 5) is 73.9. The number of aromatic hydroxyl groups is 3. The van der Waals surface area contributed by atoms with Crippen LogP contribution in [0.25, 0.3) is 0 Å². The van der Waals surface area contributed by atoms with Crippen LogP contribution in [-0.2, 0) is 24.0 Å². The number of thioether (sulfide) groups is 1. The Labute approximate surface area is 288 Å². The maximum Gasteiger partial charge on any atom is 0.350 e. The van der Waals surface area contributed by atoms with Crippen LogP contribution < -0.4 is 16.4 Å². The number of anilines is 1. The number of phenolic OH excluding ortho intramolecular Hbond substituents is 3. The summed E-state index contributed by atoms with van der Waals surface area (Å²) in [6, 6.07) is 1.30. The van der Waals surface area contributed by atoms with Crippen molar-refractivity contribution in [2.45, 2.75) is 43.7 Å². The summed E-state index contributed by atoms with van der Waals surface area (Å²) in [7, 11) is 0.